The Hall–Kier alpha value is -1.03. The molecule has 4 heteroatoms. The molecule has 1 unspecified atom stereocenters. The zero-order valence-electron chi connectivity index (χ0n) is 8.32. The first-order valence-corrected chi connectivity index (χ1v) is 4.91. The second-order valence-electron chi connectivity index (χ2n) is 3.48. The molecule has 1 aliphatic rings. The zero-order chi connectivity index (χ0) is 10.4. The Kier molecular flexibility index (Phi) is 4.46. The Bertz CT molecular complexity index is 206. The van der Waals surface area contributed by atoms with Crippen LogP contribution in [0.1, 0.15) is 12.8 Å². The average Bonchev–Trinajstić information content (AvgIpc) is 2.63. The van der Waals surface area contributed by atoms with Crippen LogP contribution in [0.5, 0.6) is 0 Å². The van der Waals surface area contributed by atoms with Gasteiger partial charge in [-0.05, 0) is 18.8 Å². The largest absolute Gasteiger partial charge is 0.445 e. The van der Waals surface area contributed by atoms with Gasteiger partial charge in [0.2, 0.25) is 0 Å². The number of aliphatic hydroxyl groups excluding tert-OH is 1. The van der Waals surface area contributed by atoms with E-state index in [2.05, 4.69) is 6.58 Å². The lowest BCUT2D eigenvalue weighted by molar-refractivity contribution is 0.119. The molecule has 1 atom stereocenters. The molecule has 1 fully saturated rings. The van der Waals surface area contributed by atoms with Gasteiger partial charge in [0, 0.05) is 19.7 Å². The molecule has 1 N–H and O–H groups in total. The molecule has 0 bridgehead atoms. The first-order valence-electron chi connectivity index (χ1n) is 4.91. The van der Waals surface area contributed by atoms with E-state index in [0.717, 1.165) is 19.4 Å². The molecule has 0 aromatic rings. The number of nitrogens with zero attached hydrogens (tertiary/aromatic N) is 1. The van der Waals surface area contributed by atoms with Gasteiger partial charge in [-0.2, -0.15) is 0 Å². The second kappa shape index (κ2) is 5.65. The van der Waals surface area contributed by atoms with Gasteiger partial charge in [-0.25, -0.2) is 4.79 Å². The summed E-state index contributed by atoms with van der Waals surface area (Å²) in [6, 6.07) is 0. The molecule has 1 amide bonds. The van der Waals surface area contributed by atoms with Crippen molar-refractivity contribution in [3.63, 3.8) is 0 Å². The highest BCUT2D eigenvalue weighted by Crippen LogP contribution is 2.19. The summed E-state index contributed by atoms with van der Waals surface area (Å²) < 4.78 is 4.91. The summed E-state index contributed by atoms with van der Waals surface area (Å²) in [5.74, 6) is 0.427. The lowest BCUT2D eigenvalue weighted by atomic mass is 10.1. The fourth-order valence-electron chi connectivity index (χ4n) is 1.64. The normalized spacial score (nSPS) is 20.9. The molecule has 0 aromatic heterocycles. The Morgan fingerprint density at radius 3 is 3.14 bits per heavy atom. The van der Waals surface area contributed by atoms with Gasteiger partial charge in [0.25, 0.3) is 0 Å². The Morgan fingerprint density at radius 2 is 2.50 bits per heavy atom. The summed E-state index contributed by atoms with van der Waals surface area (Å²) in [4.78, 5) is 13.0. The Balaban J connectivity index is 2.26. The predicted octanol–water partition coefficient (Wildman–Crippen LogP) is 1.01. The summed E-state index contributed by atoms with van der Waals surface area (Å²) in [6.45, 7) is 5.38. The molecular weight excluding hydrogens is 182 g/mol. The van der Waals surface area contributed by atoms with Crippen LogP contribution < -0.4 is 0 Å². The molecule has 0 radical (unpaired) electrons. The first-order chi connectivity index (χ1) is 6.77. The smallest absolute Gasteiger partial charge is 0.410 e. The Morgan fingerprint density at radius 1 is 1.71 bits per heavy atom. The quantitative estimate of drug-likeness (QED) is 0.687. The Labute approximate surface area is 84.2 Å². The van der Waals surface area contributed by atoms with E-state index in [9.17, 15) is 4.79 Å². The van der Waals surface area contributed by atoms with Gasteiger partial charge in [0.15, 0.2) is 0 Å². The number of amides is 1. The monoisotopic (exact) mass is 199 g/mol. The highest BCUT2D eigenvalue weighted by molar-refractivity contribution is 5.68. The van der Waals surface area contributed by atoms with E-state index in [4.69, 9.17) is 9.84 Å². The van der Waals surface area contributed by atoms with Gasteiger partial charge in [0.1, 0.15) is 6.61 Å². The van der Waals surface area contributed by atoms with Crippen molar-refractivity contribution in [1.29, 1.82) is 0 Å². The van der Waals surface area contributed by atoms with Crippen molar-refractivity contribution in [2.24, 2.45) is 5.92 Å². The van der Waals surface area contributed by atoms with Crippen LogP contribution in [-0.2, 0) is 4.74 Å². The van der Waals surface area contributed by atoms with Crippen LogP contribution in [0, 0.1) is 5.92 Å². The summed E-state index contributed by atoms with van der Waals surface area (Å²) in [7, 11) is 0. The maximum atomic E-state index is 11.3. The SMILES string of the molecule is C=CCOC(=O)N1CCC(CCO)C1. The number of hydrogen-bond donors (Lipinski definition) is 1. The standard InChI is InChI=1S/C10H17NO3/c1-2-7-14-10(13)11-5-3-9(8-11)4-6-12/h2,9,12H,1,3-8H2. The number of aliphatic hydroxyl groups is 1. The van der Waals surface area contributed by atoms with E-state index in [0.29, 0.717) is 12.5 Å². The van der Waals surface area contributed by atoms with Crippen LogP contribution in [0.2, 0.25) is 0 Å². The minimum Gasteiger partial charge on any atom is -0.445 e. The highest BCUT2D eigenvalue weighted by atomic mass is 16.6. The lowest BCUT2D eigenvalue weighted by Crippen LogP contribution is -2.29. The van der Waals surface area contributed by atoms with Crippen molar-refractivity contribution >= 4 is 6.09 Å². The lowest BCUT2D eigenvalue weighted by Gasteiger charge is -2.15. The molecule has 0 saturated carbocycles. The van der Waals surface area contributed by atoms with Crippen LogP contribution in [0.25, 0.3) is 0 Å². The molecule has 14 heavy (non-hydrogen) atoms. The third-order valence-electron chi connectivity index (χ3n) is 2.41. The van der Waals surface area contributed by atoms with Crippen molar-refractivity contribution in [3.8, 4) is 0 Å². The molecule has 80 valence electrons. The molecule has 0 spiro atoms. The van der Waals surface area contributed by atoms with E-state index < -0.39 is 0 Å². The van der Waals surface area contributed by atoms with Crippen molar-refractivity contribution in [3.05, 3.63) is 12.7 Å². The van der Waals surface area contributed by atoms with Gasteiger partial charge in [-0.3, -0.25) is 0 Å². The molecule has 1 heterocycles. The van der Waals surface area contributed by atoms with Gasteiger partial charge >= 0.3 is 6.09 Å². The number of carbonyl (C=O) groups excluding carboxylic acids is 1. The van der Waals surface area contributed by atoms with E-state index in [1.165, 1.54) is 0 Å². The summed E-state index contributed by atoms with van der Waals surface area (Å²) in [6.07, 6.45) is 3.01. The van der Waals surface area contributed by atoms with Crippen molar-refractivity contribution in [2.45, 2.75) is 12.8 Å². The number of hydrogen-bond acceptors (Lipinski definition) is 3. The van der Waals surface area contributed by atoms with Gasteiger partial charge in [0.05, 0.1) is 0 Å². The fourth-order valence-corrected chi connectivity index (χ4v) is 1.64. The second-order valence-corrected chi connectivity index (χ2v) is 3.48. The van der Waals surface area contributed by atoms with E-state index in [1.807, 2.05) is 0 Å². The van der Waals surface area contributed by atoms with E-state index in [1.54, 1.807) is 11.0 Å². The zero-order valence-corrected chi connectivity index (χ0v) is 8.32. The topological polar surface area (TPSA) is 49.8 Å². The maximum absolute atomic E-state index is 11.3. The molecular formula is C10H17NO3. The van der Waals surface area contributed by atoms with Gasteiger partial charge in [-0.15, -0.1) is 0 Å². The number of carbonyl (C=O) groups is 1. The average molecular weight is 199 g/mol. The van der Waals surface area contributed by atoms with Crippen LogP contribution in [0.4, 0.5) is 4.79 Å². The highest BCUT2D eigenvalue weighted by Gasteiger charge is 2.26. The van der Waals surface area contributed by atoms with E-state index in [-0.39, 0.29) is 19.3 Å². The van der Waals surface area contributed by atoms with Gasteiger partial charge in [-0.1, -0.05) is 12.7 Å². The molecule has 4 nitrogen and oxygen atoms in total. The molecule has 1 rings (SSSR count). The maximum Gasteiger partial charge on any atom is 0.410 e. The summed E-state index contributed by atoms with van der Waals surface area (Å²) >= 11 is 0. The van der Waals surface area contributed by atoms with Gasteiger partial charge < -0.3 is 14.7 Å². The van der Waals surface area contributed by atoms with Crippen LogP contribution in [0.3, 0.4) is 0 Å². The van der Waals surface area contributed by atoms with Crippen molar-refractivity contribution in [2.75, 3.05) is 26.3 Å². The molecule has 1 saturated heterocycles. The number of rotatable bonds is 4. The third kappa shape index (κ3) is 3.03. The molecule has 1 aliphatic heterocycles. The molecule has 0 aromatic carbocycles. The predicted molar refractivity (Wildman–Crippen MR) is 52.9 cm³/mol. The minimum absolute atomic E-state index is 0.195. The van der Waals surface area contributed by atoms with Crippen molar-refractivity contribution < 1.29 is 14.6 Å². The van der Waals surface area contributed by atoms with Crippen LogP contribution >= 0.6 is 0 Å². The van der Waals surface area contributed by atoms with Crippen LogP contribution in [0.15, 0.2) is 12.7 Å². The van der Waals surface area contributed by atoms with Crippen LogP contribution in [-0.4, -0.2) is 42.4 Å². The summed E-state index contributed by atoms with van der Waals surface area (Å²) in [5, 5.41) is 8.74. The molecule has 0 aliphatic carbocycles. The van der Waals surface area contributed by atoms with E-state index >= 15 is 0 Å². The van der Waals surface area contributed by atoms with Crippen molar-refractivity contribution in [1.82, 2.24) is 4.90 Å². The first kappa shape index (κ1) is 11.0. The minimum atomic E-state index is -0.273. The fraction of sp³-hybridized carbons (Fsp3) is 0.700. The number of likely N-dealkylation sites (tertiary alicyclic amines) is 1. The summed E-state index contributed by atoms with van der Waals surface area (Å²) in [5.41, 5.74) is 0. The number of ether oxygens (including phenoxy) is 1. The third-order valence-corrected chi connectivity index (χ3v) is 2.41.